The van der Waals surface area contributed by atoms with Crippen LogP contribution < -0.4 is 11.1 Å². The number of benzene rings is 1. The van der Waals surface area contributed by atoms with Gasteiger partial charge in [-0.3, -0.25) is 19.7 Å². The Morgan fingerprint density at radius 2 is 2.10 bits per heavy atom. The molecule has 0 aliphatic carbocycles. The normalized spacial score (nSPS) is 18.3. The molecule has 7 heteroatoms. The molecule has 0 saturated carbocycles. The Bertz CT molecular complexity index is 630. The maximum absolute atomic E-state index is 13.4. The van der Waals surface area contributed by atoms with Crippen molar-refractivity contribution in [2.75, 3.05) is 12.8 Å². The number of piperidine rings is 1. The number of halogens is 1. The summed E-state index contributed by atoms with van der Waals surface area (Å²) in [4.78, 5) is 36.5. The average Bonchev–Trinajstić information content (AvgIpc) is 2.41. The van der Waals surface area contributed by atoms with Crippen molar-refractivity contribution in [1.29, 1.82) is 0 Å². The molecule has 0 radical (unpaired) electrons. The summed E-state index contributed by atoms with van der Waals surface area (Å²) in [5, 5.41) is 2.18. The monoisotopic (exact) mass is 293 g/mol. The van der Waals surface area contributed by atoms with Gasteiger partial charge in [-0.2, -0.15) is 0 Å². The molecule has 21 heavy (non-hydrogen) atoms. The Morgan fingerprint density at radius 1 is 1.43 bits per heavy atom. The number of nitrogens with one attached hydrogen (secondary N) is 1. The third kappa shape index (κ3) is 2.86. The van der Waals surface area contributed by atoms with E-state index in [1.165, 1.54) is 11.9 Å². The lowest BCUT2D eigenvalue weighted by molar-refractivity contribution is -0.136. The van der Waals surface area contributed by atoms with Gasteiger partial charge >= 0.3 is 0 Å². The van der Waals surface area contributed by atoms with Gasteiger partial charge in [-0.25, -0.2) is 4.39 Å². The Morgan fingerprint density at radius 3 is 2.71 bits per heavy atom. The Balaban J connectivity index is 2.28. The Labute approximate surface area is 121 Å². The molecule has 3 amide bonds. The molecule has 1 aromatic rings. The van der Waals surface area contributed by atoms with E-state index in [2.05, 4.69) is 5.32 Å². The van der Waals surface area contributed by atoms with E-state index in [0.717, 1.165) is 12.1 Å². The van der Waals surface area contributed by atoms with Gasteiger partial charge in [0, 0.05) is 24.7 Å². The fourth-order valence-corrected chi connectivity index (χ4v) is 2.31. The number of hydrogen-bond acceptors (Lipinski definition) is 4. The van der Waals surface area contributed by atoms with E-state index < -0.39 is 23.7 Å². The van der Waals surface area contributed by atoms with E-state index in [-0.39, 0.29) is 30.0 Å². The van der Waals surface area contributed by atoms with Crippen molar-refractivity contribution in [3.05, 3.63) is 29.1 Å². The first-order valence-corrected chi connectivity index (χ1v) is 6.47. The van der Waals surface area contributed by atoms with E-state index in [9.17, 15) is 18.8 Å². The van der Waals surface area contributed by atoms with Crippen LogP contribution in [-0.4, -0.2) is 35.7 Å². The number of rotatable bonds is 2. The molecule has 112 valence electrons. The molecule has 1 aliphatic rings. The number of likely N-dealkylation sites (N-methyl/N-ethyl adjacent to an activating group) is 1. The smallest absolute Gasteiger partial charge is 0.254 e. The van der Waals surface area contributed by atoms with Crippen molar-refractivity contribution in [2.24, 2.45) is 0 Å². The minimum atomic E-state index is -0.751. The summed E-state index contributed by atoms with van der Waals surface area (Å²) in [5.41, 5.74) is 6.39. The molecule has 0 spiro atoms. The number of nitrogens with zero attached hydrogens (tertiary/aromatic N) is 1. The van der Waals surface area contributed by atoms with E-state index in [1.807, 2.05) is 0 Å². The van der Waals surface area contributed by atoms with Crippen LogP contribution in [-0.2, 0) is 9.59 Å². The second-order valence-electron chi connectivity index (χ2n) is 5.05. The van der Waals surface area contributed by atoms with Crippen LogP contribution in [0.25, 0.3) is 0 Å². The summed E-state index contributed by atoms with van der Waals surface area (Å²) in [6.45, 7) is 1.61. The van der Waals surface area contributed by atoms with Crippen LogP contribution in [0.1, 0.15) is 28.8 Å². The summed E-state index contributed by atoms with van der Waals surface area (Å²) >= 11 is 0. The first kappa shape index (κ1) is 15.0. The van der Waals surface area contributed by atoms with Gasteiger partial charge in [0.15, 0.2) is 0 Å². The lowest BCUT2D eigenvalue weighted by Gasteiger charge is -2.30. The van der Waals surface area contributed by atoms with Crippen molar-refractivity contribution in [1.82, 2.24) is 10.2 Å². The molecule has 1 heterocycles. The first-order valence-electron chi connectivity index (χ1n) is 6.47. The third-order valence-corrected chi connectivity index (χ3v) is 3.64. The van der Waals surface area contributed by atoms with Crippen LogP contribution in [0.3, 0.4) is 0 Å². The Kier molecular flexibility index (Phi) is 3.93. The highest BCUT2D eigenvalue weighted by molar-refractivity contribution is 6.04. The molecule has 1 aromatic carbocycles. The fourth-order valence-electron chi connectivity index (χ4n) is 2.31. The largest absolute Gasteiger partial charge is 0.398 e. The van der Waals surface area contributed by atoms with Crippen molar-refractivity contribution in [3.8, 4) is 0 Å². The maximum atomic E-state index is 13.4. The molecule has 1 unspecified atom stereocenters. The van der Waals surface area contributed by atoms with Crippen LogP contribution in [0.2, 0.25) is 0 Å². The number of nitrogens with two attached hydrogens (primary N) is 1. The molecular weight excluding hydrogens is 277 g/mol. The zero-order valence-electron chi connectivity index (χ0n) is 11.8. The molecule has 0 bridgehead atoms. The zero-order chi connectivity index (χ0) is 15.7. The van der Waals surface area contributed by atoms with Gasteiger partial charge in [0.2, 0.25) is 11.8 Å². The minimum absolute atomic E-state index is 0.111. The molecule has 1 atom stereocenters. The quantitative estimate of drug-likeness (QED) is 0.616. The number of nitrogen functional groups attached to an aromatic ring is 1. The van der Waals surface area contributed by atoms with Gasteiger partial charge in [-0.1, -0.05) is 0 Å². The topological polar surface area (TPSA) is 92.5 Å². The van der Waals surface area contributed by atoms with Gasteiger partial charge in [0.05, 0.1) is 0 Å². The maximum Gasteiger partial charge on any atom is 0.254 e. The highest BCUT2D eigenvalue weighted by Crippen LogP contribution is 2.21. The van der Waals surface area contributed by atoms with Gasteiger partial charge in [-0.15, -0.1) is 0 Å². The van der Waals surface area contributed by atoms with Gasteiger partial charge < -0.3 is 10.6 Å². The highest BCUT2D eigenvalue weighted by Gasteiger charge is 2.33. The predicted molar refractivity (Wildman–Crippen MR) is 73.8 cm³/mol. The fraction of sp³-hybridized carbons (Fsp3) is 0.357. The lowest BCUT2D eigenvalue weighted by Crippen LogP contribution is -2.53. The van der Waals surface area contributed by atoms with E-state index in [4.69, 9.17) is 5.73 Å². The zero-order valence-corrected chi connectivity index (χ0v) is 11.8. The average molecular weight is 293 g/mol. The van der Waals surface area contributed by atoms with Gasteiger partial charge in [-0.05, 0) is 31.0 Å². The molecule has 1 saturated heterocycles. The second kappa shape index (κ2) is 5.51. The summed E-state index contributed by atoms with van der Waals surface area (Å²) in [5.74, 6) is -2.00. The van der Waals surface area contributed by atoms with Crippen molar-refractivity contribution in [2.45, 2.75) is 25.8 Å². The first-order chi connectivity index (χ1) is 9.81. The van der Waals surface area contributed by atoms with Gasteiger partial charge in [0.1, 0.15) is 11.9 Å². The molecule has 1 fully saturated rings. The summed E-state index contributed by atoms with van der Waals surface area (Å²) < 4.78 is 13.4. The summed E-state index contributed by atoms with van der Waals surface area (Å²) in [6, 6.07) is 1.48. The predicted octanol–water partition coefficient (Wildman–Crippen LogP) is 0.594. The number of carbonyl (C=O) groups is 3. The van der Waals surface area contributed by atoms with Crippen molar-refractivity contribution < 1.29 is 18.8 Å². The number of carbonyl (C=O) groups excluding carboxylic acids is 3. The third-order valence-electron chi connectivity index (χ3n) is 3.64. The molecule has 1 aliphatic heterocycles. The van der Waals surface area contributed by atoms with Crippen LogP contribution in [0, 0.1) is 12.7 Å². The van der Waals surface area contributed by atoms with Crippen LogP contribution in [0.15, 0.2) is 12.1 Å². The lowest BCUT2D eigenvalue weighted by atomic mass is 10.0. The van der Waals surface area contributed by atoms with E-state index in [1.54, 1.807) is 6.92 Å². The van der Waals surface area contributed by atoms with Crippen molar-refractivity contribution >= 4 is 23.4 Å². The SMILES string of the molecule is Cc1c(N)cc(F)cc1C(=O)N(C)C1CCC(=O)NC1=O. The molecule has 3 N–H and O–H groups in total. The van der Waals surface area contributed by atoms with Gasteiger partial charge in [0.25, 0.3) is 5.91 Å². The second-order valence-corrected chi connectivity index (χ2v) is 5.05. The van der Waals surface area contributed by atoms with E-state index >= 15 is 0 Å². The molecule has 0 aromatic heterocycles. The van der Waals surface area contributed by atoms with Crippen molar-refractivity contribution in [3.63, 3.8) is 0 Å². The molecule has 6 nitrogen and oxygen atoms in total. The van der Waals surface area contributed by atoms with Crippen LogP contribution in [0.5, 0.6) is 0 Å². The minimum Gasteiger partial charge on any atom is -0.398 e. The van der Waals surface area contributed by atoms with Crippen LogP contribution in [0.4, 0.5) is 10.1 Å². The Hall–Kier alpha value is -2.44. The van der Waals surface area contributed by atoms with Crippen LogP contribution >= 0.6 is 0 Å². The number of imide groups is 1. The standard InChI is InChI=1S/C14H16FN3O3/c1-7-9(5-8(15)6-10(7)16)14(21)18(2)11-3-4-12(19)17-13(11)20/h5-6,11H,3-4,16H2,1-2H3,(H,17,19,20). The molecular formula is C14H16FN3O3. The van der Waals surface area contributed by atoms with E-state index in [0.29, 0.717) is 5.56 Å². The number of hydrogen-bond donors (Lipinski definition) is 2. The number of anilines is 1. The summed E-state index contributed by atoms with van der Waals surface area (Å²) in [6.07, 6.45) is 0.412. The summed E-state index contributed by atoms with van der Waals surface area (Å²) in [7, 11) is 1.45. The molecule has 2 rings (SSSR count). The number of amides is 3. The highest BCUT2D eigenvalue weighted by atomic mass is 19.1.